The first-order valence-electron chi connectivity index (χ1n) is 9.56. The monoisotopic (exact) mass is 368 g/mol. The molecular formula is C21H28N4O2. The summed E-state index contributed by atoms with van der Waals surface area (Å²) < 4.78 is 5.30. The summed E-state index contributed by atoms with van der Waals surface area (Å²) in [5.74, 6) is 1.22. The van der Waals surface area contributed by atoms with Gasteiger partial charge in [-0.3, -0.25) is 4.79 Å². The van der Waals surface area contributed by atoms with Crippen LogP contribution < -0.4 is 5.32 Å². The van der Waals surface area contributed by atoms with E-state index in [1.165, 1.54) is 11.1 Å². The van der Waals surface area contributed by atoms with Crippen LogP contribution in [0.3, 0.4) is 0 Å². The number of morpholine rings is 1. The zero-order valence-corrected chi connectivity index (χ0v) is 16.5. The molecule has 1 N–H and O–H groups in total. The molecular weight excluding hydrogens is 340 g/mol. The van der Waals surface area contributed by atoms with E-state index in [0.29, 0.717) is 49.7 Å². The maximum atomic E-state index is 12.5. The summed E-state index contributed by atoms with van der Waals surface area (Å²) in [6.07, 6.45) is 3.19. The maximum absolute atomic E-state index is 12.5. The van der Waals surface area contributed by atoms with Gasteiger partial charge in [0.1, 0.15) is 0 Å². The molecule has 6 heteroatoms. The SMILES string of the molecule is CC(C)c1cccc(C(C)C)c1Nc1ncc(C(=O)N2CCOCC2)cn1. The van der Waals surface area contributed by atoms with E-state index in [1.807, 2.05) is 0 Å². The molecule has 1 aromatic carbocycles. The third-order valence-corrected chi connectivity index (χ3v) is 4.81. The quantitative estimate of drug-likeness (QED) is 0.866. The van der Waals surface area contributed by atoms with Crippen molar-refractivity contribution in [2.45, 2.75) is 39.5 Å². The van der Waals surface area contributed by atoms with Crippen LogP contribution in [0.4, 0.5) is 11.6 Å². The molecule has 1 saturated heterocycles. The first-order valence-corrected chi connectivity index (χ1v) is 9.56. The molecule has 0 aliphatic carbocycles. The van der Waals surface area contributed by atoms with Crippen LogP contribution >= 0.6 is 0 Å². The fraction of sp³-hybridized carbons (Fsp3) is 0.476. The maximum Gasteiger partial charge on any atom is 0.257 e. The topological polar surface area (TPSA) is 67.4 Å². The Labute approximate surface area is 161 Å². The van der Waals surface area contributed by atoms with Gasteiger partial charge >= 0.3 is 0 Å². The van der Waals surface area contributed by atoms with Gasteiger partial charge in [0, 0.05) is 31.2 Å². The second-order valence-electron chi connectivity index (χ2n) is 7.45. The molecule has 0 spiro atoms. The third kappa shape index (κ3) is 4.45. The zero-order valence-electron chi connectivity index (χ0n) is 16.5. The van der Waals surface area contributed by atoms with Crippen molar-refractivity contribution in [3.05, 3.63) is 47.3 Å². The Balaban J connectivity index is 1.82. The van der Waals surface area contributed by atoms with Crippen LogP contribution in [-0.2, 0) is 4.74 Å². The first kappa shape index (κ1) is 19.3. The molecule has 0 unspecified atom stereocenters. The molecule has 0 saturated carbocycles. The van der Waals surface area contributed by atoms with Crippen LogP contribution in [-0.4, -0.2) is 47.1 Å². The average molecular weight is 368 g/mol. The number of ether oxygens (including phenoxy) is 1. The highest BCUT2D eigenvalue weighted by molar-refractivity contribution is 5.93. The van der Waals surface area contributed by atoms with Crippen LogP contribution in [0.15, 0.2) is 30.6 Å². The largest absolute Gasteiger partial charge is 0.378 e. The van der Waals surface area contributed by atoms with E-state index in [0.717, 1.165) is 5.69 Å². The summed E-state index contributed by atoms with van der Waals surface area (Å²) in [6.45, 7) is 11.1. The van der Waals surface area contributed by atoms with Crippen LogP contribution in [0.2, 0.25) is 0 Å². The molecule has 1 aliphatic rings. The molecule has 2 heterocycles. The van der Waals surface area contributed by atoms with Crippen molar-refractivity contribution in [1.29, 1.82) is 0 Å². The number of hydrogen-bond acceptors (Lipinski definition) is 5. The number of nitrogens with one attached hydrogen (secondary N) is 1. The zero-order chi connectivity index (χ0) is 19.4. The summed E-state index contributed by atoms with van der Waals surface area (Å²) in [7, 11) is 0. The molecule has 1 fully saturated rings. The van der Waals surface area contributed by atoms with Crippen LogP contribution in [0.1, 0.15) is 61.0 Å². The number of nitrogens with zero attached hydrogens (tertiary/aromatic N) is 3. The van der Waals surface area contributed by atoms with E-state index >= 15 is 0 Å². The minimum absolute atomic E-state index is 0.0460. The number of amides is 1. The van der Waals surface area contributed by atoms with E-state index in [1.54, 1.807) is 17.3 Å². The predicted molar refractivity (Wildman–Crippen MR) is 107 cm³/mol. The summed E-state index contributed by atoms with van der Waals surface area (Å²) in [5.41, 5.74) is 4.04. The van der Waals surface area contributed by atoms with E-state index in [9.17, 15) is 4.79 Å². The Morgan fingerprint density at radius 1 is 1.04 bits per heavy atom. The Morgan fingerprint density at radius 3 is 2.11 bits per heavy atom. The molecule has 144 valence electrons. The van der Waals surface area contributed by atoms with E-state index in [4.69, 9.17) is 4.74 Å². The summed E-state index contributed by atoms with van der Waals surface area (Å²) in [6, 6.07) is 6.37. The van der Waals surface area contributed by atoms with Crippen molar-refractivity contribution in [2.75, 3.05) is 31.6 Å². The lowest BCUT2D eigenvalue weighted by atomic mass is 9.93. The van der Waals surface area contributed by atoms with Crippen LogP contribution in [0, 0.1) is 0 Å². The number of anilines is 2. The van der Waals surface area contributed by atoms with Crippen LogP contribution in [0.25, 0.3) is 0 Å². The number of aromatic nitrogens is 2. The number of carbonyl (C=O) groups excluding carboxylic acids is 1. The lowest BCUT2D eigenvalue weighted by molar-refractivity contribution is 0.0302. The second kappa shape index (κ2) is 8.48. The Hall–Kier alpha value is -2.47. The molecule has 2 aromatic rings. The fourth-order valence-corrected chi connectivity index (χ4v) is 3.26. The van der Waals surface area contributed by atoms with E-state index < -0.39 is 0 Å². The molecule has 0 radical (unpaired) electrons. The summed E-state index contributed by atoms with van der Waals surface area (Å²) >= 11 is 0. The van der Waals surface area contributed by atoms with Gasteiger partial charge in [-0.15, -0.1) is 0 Å². The fourth-order valence-electron chi connectivity index (χ4n) is 3.26. The summed E-state index contributed by atoms with van der Waals surface area (Å²) in [5, 5.41) is 3.38. The first-order chi connectivity index (χ1) is 13.0. The minimum Gasteiger partial charge on any atom is -0.378 e. The smallest absolute Gasteiger partial charge is 0.257 e. The van der Waals surface area contributed by atoms with E-state index in [2.05, 4.69) is 61.2 Å². The van der Waals surface area contributed by atoms with Gasteiger partial charge in [-0.2, -0.15) is 0 Å². The standard InChI is InChI=1S/C21H28N4O2/c1-14(2)17-6-5-7-18(15(3)4)19(17)24-21-22-12-16(13-23-21)20(26)25-8-10-27-11-9-25/h5-7,12-15H,8-11H2,1-4H3,(H,22,23,24). The van der Waals surface area contributed by atoms with E-state index in [-0.39, 0.29) is 5.91 Å². The molecule has 27 heavy (non-hydrogen) atoms. The number of rotatable bonds is 5. The molecule has 3 rings (SSSR count). The highest BCUT2D eigenvalue weighted by Gasteiger charge is 2.20. The molecule has 1 aliphatic heterocycles. The molecule has 0 bridgehead atoms. The number of carbonyl (C=O) groups is 1. The number of hydrogen-bond donors (Lipinski definition) is 1. The Bertz CT molecular complexity index is 755. The van der Waals surface area contributed by atoms with Gasteiger partial charge in [0.15, 0.2) is 0 Å². The normalized spacial score (nSPS) is 14.7. The minimum atomic E-state index is -0.0460. The van der Waals surface area contributed by atoms with Gasteiger partial charge in [-0.1, -0.05) is 45.9 Å². The number of para-hydroxylation sites is 1. The summed E-state index contributed by atoms with van der Waals surface area (Å²) in [4.78, 5) is 23.1. The average Bonchev–Trinajstić information content (AvgIpc) is 2.68. The van der Waals surface area contributed by atoms with Gasteiger partial charge < -0.3 is 15.0 Å². The van der Waals surface area contributed by atoms with Crippen molar-refractivity contribution in [1.82, 2.24) is 14.9 Å². The van der Waals surface area contributed by atoms with Crippen molar-refractivity contribution in [3.63, 3.8) is 0 Å². The lowest BCUT2D eigenvalue weighted by Crippen LogP contribution is -2.40. The molecule has 6 nitrogen and oxygen atoms in total. The van der Waals surface area contributed by atoms with Gasteiger partial charge in [-0.05, 0) is 23.0 Å². The van der Waals surface area contributed by atoms with Gasteiger partial charge in [0.2, 0.25) is 5.95 Å². The molecule has 0 atom stereocenters. The number of benzene rings is 1. The molecule has 1 amide bonds. The van der Waals surface area contributed by atoms with Crippen molar-refractivity contribution >= 4 is 17.5 Å². The highest BCUT2D eigenvalue weighted by Crippen LogP contribution is 2.33. The van der Waals surface area contributed by atoms with Gasteiger partial charge in [0.05, 0.1) is 18.8 Å². The van der Waals surface area contributed by atoms with Gasteiger partial charge in [-0.25, -0.2) is 9.97 Å². The predicted octanol–water partition coefficient (Wildman–Crippen LogP) is 3.94. The highest BCUT2D eigenvalue weighted by atomic mass is 16.5. The Kier molecular flexibility index (Phi) is 6.06. The van der Waals surface area contributed by atoms with Crippen molar-refractivity contribution < 1.29 is 9.53 Å². The molecule has 1 aromatic heterocycles. The van der Waals surface area contributed by atoms with Crippen molar-refractivity contribution in [2.24, 2.45) is 0 Å². The van der Waals surface area contributed by atoms with Crippen LogP contribution in [0.5, 0.6) is 0 Å². The van der Waals surface area contributed by atoms with Gasteiger partial charge in [0.25, 0.3) is 5.91 Å². The second-order valence-corrected chi connectivity index (χ2v) is 7.45. The Morgan fingerprint density at radius 2 is 1.59 bits per heavy atom. The van der Waals surface area contributed by atoms with Crippen molar-refractivity contribution in [3.8, 4) is 0 Å². The third-order valence-electron chi connectivity index (χ3n) is 4.81. The lowest BCUT2D eigenvalue weighted by Gasteiger charge is -2.26.